The molecule has 0 unspecified atom stereocenters. The maximum Gasteiger partial charge on any atom is 0.435 e. The number of nitrogens with zero attached hydrogens (tertiary/aromatic N) is 2. The molecule has 0 amide bonds. The molecule has 0 fully saturated rings. The van der Waals surface area contributed by atoms with Crippen molar-refractivity contribution in [2.24, 2.45) is 5.73 Å². The van der Waals surface area contributed by atoms with Gasteiger partial charge in [0, 0.05) is 13.1 Å². The lowest BCUT2D eigenvalue weighted by Crippen LogP contribution is -2.11. The van der Waals surface area contributed by atoms with Crippen LogP contribution in [0.2, 0.25) is 0 Å². The number of benzene rings is 1. The van der Waals surface area contributed by atoms with Gasteiger partial charge in [-0.2, -0.15) is 13.2 Å². The molecule has 0 aliphatic heterocycles. The van der Waals surface area contributed by atoms with Crippen molar-refractivity contribution in [1.82, 2.24) is 10.2 Å². The van der Waals surface area contributed by atoms with Crippen LogP contribution in [0.5, 0.6) is 0 Å². The van der Waals surface area contributed by atoms with Gasteiger partial charge in [0.1, 0.15) is 5.82 Å². The van der Waals surface area contributed by atoms with Crippen molar-refractivity contribution >= 4 is 5.82 Å². The van der Waals surface area contributed by atoms with Gasteiger partial charge in [-0.15, -0.1) is 10.2 Å². The van der Waals surface area contributed by atoms with Crippen LogP contribution in [0.4, 0.5) is 19.0 Å². The molecule has 1 aromatic heterocycles. The molecule has 3 N–H and O–H groups in total. The summed E-state index contributed by atoms with van der Waals surface area (Å²) in [6, 6.07) is 9.69. The molecule has 2 rings (SSSR count). The van der Waals surface area contributed by atoms with Crippen molar-refractivity contribution < 1.29 is 13.2 Å². The molecule has 0 atom stereocenters. The van der Waals surface area contributed by atoms with Crippen LogP contribution in [0.3, 0.4) is 0 Å². The smallest absolute Gasteiger partial charge is 0.364 e. The van der Waals surface area contributed by atoms with Crippen molar-refractivity contribution in [2.45, 2.75) is 19.3 Å². The van der Waals surface area contributed by atoms with E-state index in [9.17, 15) is 13.2 Å². The van der Waals surface area contributed by atoms with Gasteiger partial charge in [0.2, 0.25) is 0 Å². The lowest BCUT2D eigenvalue weighted by molar-refractivity contribution is -0.141. The summed E-state index contributed by atoms with van der Waals surface area (Å²) in [7, 11) is 0. The highest BCUT2D eigenvalue weighted by Gasteiger charge is 2.32. The van der Waals surface area contributed by atoms with E-state index < -0.39 is 11.9 Å². The lowest BCUT2D eigenvalue weighted by Gasteiger charge is -2.10. The molecule has 2 aromatic rings. The minimum atomic E-state index is -4.47. The Kier molecular flexibility index (Phi) is 4.19. The highest BCUT2D eigenvalue weighted by atomic mass is 19.4. The third kappa shape index (κ3) is 3.45. The lowest BCUT2D eigenvalue weighted by atomic mass is 10.1. The van der Waals surface area contributed by atoms with E-state index in [0.29, 0.717) is 13.1 Å². The van der Waals surface area contributed by atoms with Gasteiger partial charge in [0.15, 0.2) is 5.69 Å². The highest BCUT2D eigenvalue weighted by molar-refractivity contribution is 5.37. The Bertz CT molecular complexity index is 567. The Hall–Kier alpha value is -2.15. The van der Waals surface area contributed by atoms with Gasteiger partial charge in [-0.1, -0.05) is 24.3 Å². The Morgan fingerprint density at radius 1 is 1.00 bits per heavy atom. The largest absolute Gasteiger partial charge is 0.435 e. The van der Waals surface area contributed by atoms with E-state index in [1.807, 2.05) is 24.3 Å². The van der Waals surface area contributed by atoms with Crippen molar-refractivity contribution in [2.75, 3.05) is 5.32 Å². The summed E-state index contributed by atoms with van der Waals surface area (Å²) in [5, 5.41) is 9.56. The van der Waals surface area contributed by atoms with Crippen LogP contribution < -0.4 is 11.1 Å². The molecular weight excluding hydrogens is 269 g/mol. The number of nitrogens with one attached hydrogen (secondary N) is 1. The molecule has 20 heavy (non-hydrogen) atoms. The van der Waals surface area contributed by atoms with E-state index in [1.54, 1.807) is 0 Å². The standard InChI is InChI=1S/C13H13F3N4/c14-13(15,16)11-5-6-12(20-19-11)18-8-10-4-2-1-3-9(10)7-17/h1-6H,7-8,17H2,(H,18,20). The molecule has 0 saturated heterocycles. The Labute approximate surface area is 113 Å². The average Bonchev–Trinajstić information content (AvgIpc) is 2.45. The number of alkyl halides is 3. The molecule has 7 heteroatoms. The second-order valence-electron chi connectivity index (χ2n) is 4.13. The van der Waals surface area contributed by atoms with E-state index in [-0.39, 0.29) is 5.82 Å². The zero-order chi connectivity index (χ0) is 14.6. The summed E-state index contributed by atoms with van der Waals surface area (Å²) in [5.41, 5.74) is 6.54. The number of aromatic nitrogens is 2. The summed E-state index contributed by atoms with van der Waals surface area (Å²) >= 11 is 0. The fraction of sp³-hybridized carbons (Fsp3) is 0.231. The molecule has 0 bridgehead atoms. The van der Waals surface area contributed by atoms with Gasteiger partial charge in [0.05, 0.1) is 0 Å². The highest BCUT2D eigenvalue weighted by Crippen LogP contribution is 2.27. The van der Waals surface area contributed by atoms with Crippen LogP contribution in [0.15, 0.2) is 36.4 Å². The quantitative estimate of drug-likeness (QED) is 0.904. The predicted octanol–water partition coefficient (Wildman–Crippen LogP) is 2.57. The molecule has 106 valence electrons. The van der Waals surface area contributed by atoms with Crippen molar-refractivity contribution in [3.8, 4) is 0 Å². The van der Waals surface area contributed by atoms with Crippen molar-refractivity contribution in [3.63, 3.8) is 0 Å². The second kappa shape index (κ2) is 5.87. The maximum absolute atomic E-state index is 12.3. The van der Waals surface area contributed by atoms with Crippen LogP contribution in [-0.2, 0) is 19.3 Å². The van der Waals surface area contributed by atoms with Crippen LogP contribution in [0.1, 0.15) is 16.8 Å². The number of hydrogen-bond donors (Lipinski definition) is 2. The monoisotopic (exact) mass is 282 g/mol. The van der Waals surface area contributed by atoms with Gasteiger partial charge < -0.3 is 11.1 Å². The molecule has 0 saturated carbocycles. The molecule has 1 aromatic carbocycles. The normalized spacial score (nSPS) is 11.4. The number of nitrogens with two attached hydrogens (primary N) is 1. The molecule has 0 spiro atoms. The summed E-state index contributed by atoms with van der Waals surface area (Å²) < 4.78 is 37.0. The first kappa shape index (κ1) is 14.3. The van der Waals surface area contributed by atoms with Crippen LogP contribution in [0, 0.1) is 0 Å². The maximum atomic E-state index is 12.3. The van der Waals surface area contributed by atoms with Gasteiger partial charge >= 0.3 is 6.18 Å². The third-order valence-electron chi connectivity index (χ3n) is 2.75. The number of anilines is 1. The number of hydrogen-bond acceptors (Lipinski definition) is 4. The Morgan fingerprint density at radius 2 is 1.70 bits per heavy atom. The van der Waals surface area contributed by atoms with E-state index in [1.165, 1.54) is 6.07 Å². The SMILES string of the molecule is NCc1ccccc1CNc1ccc(C(F)(F)F)nn1. The molecular formula is C13H13F3N4. The van der Waals surface area contributed by atoms with Crippen molar-refractivity contribution in [1.29, 1.82) is 0 Å². The van der Waals surface area contributed by atoms with E-state index in [0.717, 1.165) is 17.2 Å². The van der Waals surface area contributed by atoms with Gasteiger partial charge in [0.25, 0.3) is 0 Å². The molecule has 0 aliphatic rings. The first-order valence-electron chi connectivity index (χ1n) is 5.92. The minimum absolute atomic E-state index is 0.282. The topological polar surface area (TPSA) is 63.8 Å². The van der Waals surface area contributed by atoms with Crippen LogP contribution in [0.25, 0.3) is 0 Å². The summed E-state index contributed by atoms with van der Waals surface area (Å²) in [5.74, 6) is 0.282. The summed E-state index contributed by atoms with van der Waals surface area (Å²) in [4.78, 5) is 0. The predicted molar refractivity (Wildman–Crippen MR) is 68.7 cm³/mol. The second-order valence-corrected chi connectivity index (χ2v) is 4.13. The molecule has 0 radical (unpaired) electrons. The minimum Gasteiger partial charge on any atom is -0.364 e. The summed E-state index contributed by atoms with van der Waals surface area (Å²) in [6.07, 6.45) is -4.47. The molecule has 1 heterocycles. The average molecular weight is 282 g/mol. The van der Waals surface area contributed by atoms with Crippen molar-refractivity contribution in [3.05, 3.63) is 53.2 Å². The van der Waals surface area contributed by atoms with E-state index in [2.05, 4.69) is 15.5 Å². The fourth-order valence-corrected chi connectivity index (χ4v) is 1.69. The van der Waals surface area contributed by atoms with Crippen LogP contribution in [-0.4, -0.2) is 10.2 Å². The third-order valence-corrected chi connectivity index (χ3v) is 2.75. The first-order chi connectivity index (χ1) is 9.50. The zero-order valence-corrected chi connectivity index (χ0v) is 10.5. The summed E-state index contributed by atoms with van der Waals surface area (Å²) in [6.45, 7) is 0.823. The Morgan fingerprint density at radius 3 is 2.25 bits per heavy atom. The van der Waals surface area contributed by atoms with E-state index in [4.69, 9.17) is 5.73 Å². The zero-order valence-electron chi connectivity index (χ0n) is 10.5. The molecule has 0 aliphatic carbocycles. The first-order valence-corrected chi connectivity index (χ1v) is 5.92. The Balaban J connectivity index is 2.04. The van der Waals surface area contributed by atoms with Crippen LogP contribution >= 0.6 is 0 Å². The fourth-order valence-electron chi connectivity index (χ4n) is 1.69. The number of rotatable bonds is 4. The number of halogens is 3. The van der Waals surface area contributed by atoms with Gasteiger partial charge in [-0.3, -0.25) is 0 Å². The van der Waals surface area contributed by atoms with Gasteiger partial charge in [-0.25, -0.2) is 0 Å². The molecule has 4 nitrogen and oxygen atoms in total. The van der Waals surface area contributed by atoms with Gasteiger partial charge in [-0.05, 0) is 23.3 Å². The van der Waals surface area contributed by atoms with E-state index >= 15 is 0 Å².